The molecule has 10 heteroatoms. The number of carbonyl (C=O) groups is 1. The summed E-state index contributed by atoms with van der Waals surface area (Å²) in [6, 6.07) is 7.09. The third-order valence-electron chi connectivity index (χ3n) is 4.20. The summed E-state index contributed by atoms with van der Waals surface area (Å²) in [5.74, 6) is -0.532. The van der Waals surface area contributed by atoms with Crippen molar-refractivity contribution in [2.45, 2.75) is 13.5 Å². The van der Waals surface area contributed by atoms with Crippen molar-refractivity contribution in [2.24, 2.45) is 0 Å². The number of pyridine rings is 1. The van der Waals surface area contributed by atoms with E-state index in [0.29, 0.717) is 5.65 Å². The molecule has 142 valence electrons. The molecule has 3 aromatic rings. The zero-order chi connectivity index (χ0) is 19.8. The van der Waals surface area contributed by atoms with Crippen LogP contribution in [0.1, 0.15) is 21.6 Å². The first kappa shape index (κ1) is 17.5. The van der Waals surface area contributed by atoms with Crippen LogP contribution in [0.2, 0.25) is 0 Å². The van der Waals surface area contributed by atoms with Gasteiger partial charge in [-0.3, -0.25) is 19.3 Å². The van der Waals surface area contributed by atoms with Gasteiger partial charge < -0.3 is 14.2 Å². The molecule has 10 nitrogen and oxygen atoms in total. The molecule has 4 rings (SSSR count). The van der Waals surface area contributed by atoms with Crippen LogP contribution in [-0.2, 0) is 11.3 Å². The number of nitrogens with zero attached hydrogens (tertiary/aromatic N) is 3. The molecule has 0 radical (unpaired) electrons. The normalized spacial score (nSPS) is 12.2. The minimum Gasteiger partial charge on any atom is -0.455 e. The molecule has 1 aliphatic heterocycles. The van der Waals surface area contributed by atoms with Gasteiger partial charge in [0, 0.05) is 18.3 Å². The molecule has 0 saturated heterocycles. The van der Waals surface area contributed by atoms with Gasteiger partial charge in [0.05, 0.1) is 16.7 Å². The topological polar surface area (TPSA) is 122 Å². The number of aromatic nitrogens is 2. The summed E-state index contributed by atoms with van der Waals surface area (Å²) in [4.78, 5) is 39.5. The van der Waals surface area contributed by atoms with Gasteiger partial charge in [-0.1, -0.05) is 6.07 Å². The lowest BCUT2D eigenvalue weighted by Crippen LogP contribution is -2.17. The molecule has 0 saturated carbocycles. The van der Waals surface area contributed by atoms with Crippen molar-refractivity contribution in [3.05, 3.63) is 73.8 Å². The summed E-state index contributed by atoms with van der Waals surface area (Å²) < 4.78 is 16.8. The molecule has 0 atom stereocenters. The van der Waals surface area contributed by atoms with Crippen molar-refractivity contribution >= 4 is 17.3 Å². The zero-order valence-corrected chi connectivity index (χ0v) is 14.6. The number of esters is 1. The minimum absolute atomic E-state index is 0.0880. The summed E-state index contributed by atoms with van der Waals surface area (Å²) in [6.45, 7) is 1.40. The van der Waals surface area contributed by atoms with Gasteiger partial charge in [-0.25, -0.2) is 9.78 Å². The molecule has 0 aliphatic carbocycles. The van der Waals surface area contributed by atoms with Crippen molar-refractivity contribution in [1.29, 1.82) is 0 Å². The SMILES string of the molecule is Cc1cccn2c(=O)cc(COC(=O)c3cc4c(cc3[N+](=O)[O-])OCO4)nc12. The van der Waals surface area contributed by atoms with E-state index in [2.05, 4.69) is 4.98 Å². The van der Waals surface area contributed by atoms with Crippen molar-refractivity contribution in [3.8, 4) is 11.5 Å². The molecule has 28 heavy (non-hydrogen) atoms. The number of ether oxygens (including phenoxy) is 3. The van der Waals surface area contributed by atoms with Gasteiger partial charge in [-0.15, -0.1) is 0 Å². The first-order chi connectivity index (χ1) is 13.4. The first-order valence-electron chi connectivity index (χ1n) is 8.17. The lowest BCUT2D eigenvalue weighted by molar-refractivity contribution is -0.385. The lowest BCUT2D eigenvalue weighted by atomic mass is 10.1. The molecule has 0 spiro atoms. The predicted molar refractivity (Wildman–Crippen MR) is 94.5 cm³/mol. The smallest absolute Gasteiger partial charge is 0.345 e. The van der Waals surface area contributed by atoms with Gasteiger partial charge in [-0.05, 0) is 18.6 Å². The number of hydrogen-bond donors (Lipinski definition) is 0. The number of fused-ring (bicyclic) bond motifs is 2. The third kappa shape index (κ3) is 3.00. The zero-order valence-electron chi connectivity index (χ0n) is 14.6. The largest absolute Gasteiger partial charge is 0.455 e. The maximum atomic E-state index is 12.4. The Morgan fingerprint density at radius 3 is 2.82 bits per heavy atom. The molecular weight excluding hydrogens is 370 g/mol. The second kappa shape index (κ2) is 6.65. The average Bonchev–Trinajstić information content (AvgIpc) is 3.13. The molecule has 3 heterocycles. The van der Waals surface area contributed by atoms with Crippen molar-refractivity contribution in [2.75, 3.05) is 6.79 Å². The highest BCUT2D eigenvalue weighted by Gasteiger charge is 2.28. The molecule has 2 aromatic heterocycles. The fraction of sp³-hybridized carbons (Fsp3) is 0.167. The van der Waals surface area contributed by atoms with E-state index in [0.717, 1.165) is 11.6 Å². The first-order valence-corrected chi connectivity index (χ1v) is 8.17. The quantitative estimate of drug-likeness (QED) is 0.381. The molecule has 0 N–H and O–H groups in total. The number of rotatable bonds is 4. The van der Waals surface area contributed by atoms with E-state index >= 15 is 0 Å². The number of hydrogen-bond acceptors (Lipinski definition) is 8. The fourth-order valence-corrected chi connectivity index (χ4v) is 2.85. The summed E-state index contributed by atoms with van der Waals surface area (Å²) in [6.07, 6.45) is 1.59. The van der Waals surface area contributed by atoms with E-state index in [-0.39, 0.29) is 41.7 Å². The van der Waals surface area contributed by atoms with Gasteiger partial charge in [0.25, 0.3) is 11.2 Å². The minimum atomic E-state index is -0.934. The van der Waals surface area contributed by atoms with E-state index in [4.69, 9.17) is 14.2 Å². The lowest BCUT2D eigenvalue weighted by Gasteiger charge is -2.08. The van der Waals surface area contributed by atoms with E-state index in [1.54, 1.807) is 25.3 Å². The summed E-state index contributed by atoms with van der Waals surface area (Å²) >= 11 is 0. The maximum absolute atomic E-state index is 12.4. The second-order valence-corrected chi connectivity index (χ2v) is 6.03. The molecule has 0 amide bonds. The second-order valence-electron chi connectivity index (χ2n) is 6.03. The molecule has 0 bridgehead atoms. The van der Waals surface area contributed by atoms with Crippen LogP contribution in [0.15, 0.2) is 41.3 Å². The van der Waals surface area contributed by atoms with Crippen molar-refractivity contribution in [1.82, 2.24) is 9.38 Å². The maximum Gasteiger partial charge on any atom is 0.345 e. The van der Waals surface area contributed by atoms with E-state index in [9.17, 15) is 19.7 Å². The van der Waals surface area contributed by atoms with Crippen LogP contribution in [0.4, 0.5) is 5.69 Å². The Balaban J connectivity index is 1.62. The van der Waals surface area contributed by atoms with Gasteiger partial charge in [0.2, 0.25) is 6.79 Å². The van der Waals surface area contributed by atoms with E-state index in [1.165, 1.54) is 16.5 Å². The Hall–Kier alpha value is -3.95. The number of aryl methyl sites for hydroxylation is 1. The summed E-state index contributed by atoms with van der Waals surface area (Å²) in [5, 5.41) is 11.3. The van der Waals surface area contributed by atoms with Gasteiger partial charge in [0.15, 0.2) is 11.5 Å². The third-order valence-corrected chi connectivity index (χ3v) is 4.20. The molecular formula is C18H13N3O7. The van der Waals surface area contributed by atoms with Crippen molar-refractivity contribution < 1.29 is 23.9 Å². The van der Waals surface area contributed by atoms with Crippen molar-refractivity contribution in [3.63, 3.8) is 0 Å². The van der Waals surface area contributed by atoms with Crippen LogP contribution in [0.5, 0.6) is 11.5 Å². The van der Waals surface area contributed by atoms with Crippen LogP contribution in [0.3, 0.4) is 0 Å². The Morgan fingerprint density at radius 1 is 1.32 bits per heavy atom. The molecule has 0 fully saturated rings. The van der Waals surface area contributed by atoms with Crippen LogP contribution >= 0.6 is 0 Å². The Kier molecular flexibility index (Phi) is 4.15. The van der Waals surface area contributed by atoms with Crippen LogP contribution in [0, 0.1) is 17.0 Å². The highest BCUT2D eigenvalue weighted by atomic mass is 16.7. The Labute approximate surface area is 157 Å². The Morgan fingerprint density at radius 2 is 2.07 bits per heavy atom. The van der Waals surface area contributed by atoms with Gasteiger partial charge in [0.1, 0.15) is 17.8 Å². The number of benzene rings is 1. The van der Waals surface area contributed by atoms with Crippen LogP contribution in [-0.4, -0.2) is 27.1 Å². The monoisotopic (exact) mass is 383 g/mol. The summed E-state index contributed by atoms with van der Waals surface area (Å²) in [5.41, 5.74) is 0.388. The van der Waals surface area contributed by atoms with Crippen LogP contribution < -0.4 is 15.0 Å². The number of nitro groups is 1. The highest BCUT2D eigenvalue weighted by Crippen LogP contribution is 2.38. The predicted octanol–water partition coefficient (Wildman–Crippen LogP) is 2.00. The fourth-order valence-electron chi connectivity index (χ4n) is 2.85. The van der Waals surface area contributed by atoms with Crippen LogP contribution in [0.25, 0.3) is 5.65 Å². The van der Waals surface area contributed by atoms with Gasteiger partial charge >= 0.3 is 5.97 Å². The van der Waals surface area contributed by atoms with E-state index < -0.39 is 16.6 Å². The molecule has 0 unspecified atom stereocenters. The number of carbonyl (C=O) groups excluding carboxylic acids is 1. The standard InChI is InChI=1S/C18H13N3O7/c1-10-3-2-4-20-16(22)5-11(19-17(10)20)8-26-18(23)12-6-14-15(28-9-27-14)7-13(12)21(24)25/h2-7H,8-9H2,1H3. The van der Waals surface area contributed by atoms with E-state index in [1.807, 2.05) is 0 Å². The highest BCUT2D eigenvalue weighted by molar-refractivity contribution is 5.95. The molecule has 1 aliphatic rings. The Bertz CT molecular complexity index is 1190. The average molecular weight is 383 g/mol. The number of nitro benzene ring substituents is 1. The molecule has 1 aromatic carbocycles. The van der Waals surface area contributed by atoms with Gasteiger partial charge in [-0.2, -0.15) is 0 Å². The summed E-state index contributed by atoms with van der Waals surface area (Å²) in [7, 11) is 0.